The minimum Gasteiger partial charge on any atom is -0.435 e. The zero-order valence-electron chi connectivity index (χ0n) is 21.0. The Labute approximate surface area is 200 Å². The molecule has 196 valence electrons. The summed E-state index contributed by atoms with van der Waals surface area (Å²) in [6.07, 6.45) is 2.50. The molecule has 0 radical (unpaired) electrons. The molecule has 0 fully saturated rings. The zero-order chi connectivity index (χ0) is 23.6. The third kappa shape index (κ3) is 25.0. The van der Waals surface area contributed by atoms with E-state index in [2.05, 4.69) is 45.8 Å². The van der Waals surface area contributed by atoms with E-state index in [4.69, 9.17) is 37.0 Å². The number of unbranched alkanes of at least 4 members (excludes halogenated alkanes) is 1. The summed E-state index contributed by atoms with van der Waals surface area (Å²) in [5.41, 5.74) is 0. The van der Waals surface area contributed by atoms with Gasteiger partial charge in [0.05, 0.1) is 59.1 Å². The Morgan fingerprint density at radius 1 is 0.500 bits per heavy atom. The lowest BCUT2D eigenvalue weighted by molar-refractivity contribution is -0.00610. The first-order chi connectivity index (χ1) is 14.5. The van der Waals surface area contributed by atoms with Crippen molar-refractivity contribution < 1.29 is 37.0 Å². The van der Waals surface area contributed by atoms with Crippen LogP contribution in [0.1, 0.15) is 20.3 Å². The van der Waals surface area contributed by atoms with Crippen LogP contribution in [0.4, 0.5) is 0 Å². The molecule has 0 rings (SSSR count). The van der Waals surface area contributed by atoms with Crippen LogP contribution in [0.2, 0.25) is 45.8 Å². The third-order valence-corrected chi connectivity index (χ3v) is 12.7. The van der Waals surface area contributed by atoms with Crippen molar-refractivity contribution in [3.63, 3.8) is 0 Å². The van der Waals surface area contributed by atoms with Gasteiger partial charge in [-0.25, -0.2) is 0 Å². The summed E-state index contributed by atoms with van der Waals surface area (Å²) in [6, 6.07) is 0. The first-order valence-corrected chi connectivity index (χ1v) is 20.7. The predicted molar refractivity (Wildman–Crippen MR) is 138 cm³/mol. The molecular weight excluding hydrogens is 464 g/mol. The molecule has 1 N–H and O–H groups in total. The van der Waals surface area contributed by atoms with Crippen molar-refractivity contribution in [1.29, 1.82) is 0 Å². The summed E-state index contributed by atoms with van der Waals surface area (Å²) >= 11 is 0. The fourth-order valence-electron chi connectivity index (χ4n) is 2.87. The highest BCUT2D eigenvalue weighted by molar-refractivity contribution is 6.87. The molecule has 0 aromatic rings. The van der Waals surface area contributed by atoms with E-state index in [1.165, 1.54) is 0 Å². The highest BCUT2D eigenvalue weighted by Gasteiger charge is 2.40. The summed E-state index contributed by atoms with van der Waals surface area (Å²) in [5.74, 6) is 0. The molecule has 0 bridgehead atoms. The Morgan fingerprint density at radius 2 is 0.844 bits per heavy atom. The van der Waals surface area contributed by atoms with Crippen molar-refractivity contribution in [1.82, 2.24) is 0 Å². The maximum atomic E-state index is 8.57. The van der Waals surface area contributed by atoms with Crippen molar-refractivity contribution in [3.05, 3.63) is 0 Å². The minimum absolute atomic E-state index is 0. The second-order valence-electron chi connectivity index (χ2n) is 9.50. The second-order valence-corrected chi connectivity index (χ2v) is 22.1. The third-order valence-electron chi connectivity index (χ3n) is 3.59. The zero-order valence-corrected chi connectivity index (χ0v) is 24.0. The predicted octanol–water partition coefficient (Wildman–Crippen LogP) is 3.79. The van der Waals surface area contributed by atoms with E-state index in [9.17, 15) is 0 Å². The molecule has 0 amide bonds. The highest BCUT2D eigenvalue weighted by Crippen LogP contribution is 2.21. The van der Waals surface area contributed by atoms with Crippen molar-refractivity contribution in [2.45, 2.75) is 66.1 Å². The van der Waals surface area contributed by atoms with Crippen LogP contribution >= 0.6 is 0 Å². The summed E-state index contributed by atoms with van der Waals surface area (Å²) in [4.78, 5) is 0. The van der Waals surface area contributed by atoms with Gasteiger partial charge in [-0.05, 0) is 58.7 Å². The van der Waals surface area contributed by atoms with Gasteiger partial charge in [0.25, 0.3) is 0 Å². The lowest BCUT2D eigenvalue weighted by Gasteiger charge is -2.38. The Bertz CT molecular complexity index is 401. The highest BCUT2D eigenvalue weighted by atomic mass is 28.5. The Morgan fingerprint density at radius 3 is 1.22 bits per heavy atom. The van der Waals surface area contributed by atoms with Crippen LogP contribution in [0.5, 0.6) is 0 Å². The molecule has 0 aliphatic heterocycles. The van der Waals surface area contributed by atoms with Gasteiger partial charge in [-0.3, -0.25) is 0 Å². The first-order valence-electron chi connectivity index (χ1n) is 11.4. The van der Waals surface area contributed by atoms with E-state index in [1.807, 2.05) is 0 Å². The molecule has 0 unspecified atom stereocenters. The van der Waals surface area contributed by atoms with E-state index in [0.29, 0.717) is 65.7 Å². The standard InChI is InChI=1S/C20H48O8Si3.CH4/c1-29(2,3)27-31(7,28-30(4,5)6)20-26-12-9-8-11-22-14-16-24-18-19-25-17-15-23-13-10-21;/h21H,8-20H2,1-7H3;1H4. The van der Waals surface area contributed by atoms with Crippen molar-refractivity contribution in [2.75, 3.05) is 72.3 Å². The second kappa shape index (κ2) is 19.6. The lowest BCUT2D eigenvalue weighted by Crippen LogP contribution is -2.55. The van der Waals surface area contributed by atoms with Crippen LogP contribution in [-0.2, 0) is 31.9 Å². The number of rotatable bonds is 22. The molecule has 0 aliphatic rings. The summed E-state index contributed by atoms with van der Waals surface area (Å²) in [5, 5.41) is 8.57. The van der Waals surface area contributed by atoms with Crippen LogP contribution in [0.15, 0.2) is 0 Å². The van der Waals surface area contributed by atoms with Crippen LogP contribution in [0.25, 0.3) is 0 Å². The molecule has 0 aromatic carbocycles. The normalized spacial score (nSPS) is 12.8. The minimum atomic E-state index is -2.30. The van der Waals surface area contributed by atoms with Gasteiger partial charge in [-0.2, -0.15) is 0 Å². The number of hydrogen-bond acceptors (Lipinski definition) is 8. The average molecular weight is 517 g/mol. The van der Waals surface area contributed by atoms with Crippen LogP contribution in [0.3, 0.4) is 0 Å². The van der Waals surface area contributed by atoms with E-state index in [1.54, 1.807) is 0 Å². The molecule has 0 atom stereocenters. The first kappa shape index (κ1) is 34.5. The smallest absolute Gasteiger partial charge is 0.341 e. The van der Waals surface area contributed by atoms with Crippen LogP contribution < -0.4 is 0 Å². The topological polar surface area (TPSA) is 84.8 Å². The quantitative estimate of drug-likeness (QED) is 0.172. The largest absolute Gasteiger partial charge is 0.435 e. The molecule has 0 aromatic heterocycles. The molecule has 0 aliphatic carbocycles. The van der Waals surface area contributed by atoms with Crippen molar-refractivity contribution in [3.8, 4) is 0 Å². The Kier molecular flexibility index (Phi) is 21.1. The van der Waals surface area contributed by atoms with Crippen molar-refractivity contribution >= 4 is 25.2 Å². The molecule has 0 spiro atoms. The Balaban J connectivity index is 0. The number of aliphatic hydroxyl groups excluding tert-OH is 1. The fraction of sp³-hybridized carbons (Fsp3) is 1.00. The van der Waals surface area contributed by atoms with Gasteiger partial charge >= 0.3 is 8.56 Å². The SMILES string of the molecule is C.C[Si](C)(C)O[Si](C)(COCCCCOCCOCCOCCOCCO)O[Si](C)(C)C. The monoisotopic (exact) mass is 516 g/mol. The van der Waals surface area contributed by atoms with Gasteiger partial charge < -0.3 is 37.0 Å². The molecule has 32 heavy (non-hydrogen) atoms. The number of hydrogen-bond donors (Lipinski definition) is 1. The van der Waals surface area contributed by atoms with Gasteiger partial charge in [0, 0.05) is 13.2 Å². The van der Waals surface area contributed by atoms with Crippen molar-refractivity contribution in [2.24, 2.45) is 0 Å². The van der Waals surface area contributed by atoms with Gasteiger partial charge in [-0.1, -0.05) is 7.43 Å². The average Bonchev–Trinajstić information content (AvgIpc) is 2.61. The molecule has 0 saturated carbocycles. The molecular formula is C21H52O8Si3. The lowest BCUT2D eigenvalue weighted by atomic mass is 10.3. The van der Waals surface area contributed by atoms with Gasteiger partial charge in [0.1, 0.15) is 0 Å². The number of aliphatic hydroxyl groups is 1. The maximum Gasteiger partial charge on any atom is 0.341 e. The fourth-order valence-corrected chi connectivity index (χ4v) is 14.8. The molecule has 11 heteroatoms. The molecule has 8 nitrogen and oxygen atoms in total. The molecule has 0 saturated heterocycles. The van der Waals surface area contributed by atoms with E-state index in [0.717, 1.165) is 12.8 Å². The number of ether oxygens (including phenoxy) is 5. The molecule has 0 heterocycles. The van der Waals surface area contributed by atoms with E-state index < -0.39 is 25.2 Å². The summed E-state index contributed by atoms with van der Waals surface area (Å²) in [7, 11) is -5.66. The van der Waals surface area contributed by atoms with Crippen LogP contribution in [0, 0.1) is 0 Å². The maximum absolute atomic E-state index is 8.57. The van der Waals surface area contributed by atoms with Gasteiger partial charge in [0.15, 0.2) is 16.6 Å². The van der Waals surface area contributed by atoms with Gasteiger partial charge in [-0.15, -0.1) is 0 Å². The summed E-state index contributed by atoms with van der Waals surface area (Å²) in [6.45, 7) is 20.4. The summed E-state index contributed by atoms with van der Waals surface area (Å²) < 4.78 is 40.3. The van der Waals surface area contributed by atoms with E-state index in [-0.39, 0.29) is 14.0 Å². The Hall–Kier alpha value is 0.331. The van der Waals surface area contributed by atoms with Gasteiger partial charge in [0.2, 0.25) is 0 Å². The van der Waals surface area contributed by atoms with E-state index >= 15 is 0 Å². The van der Waals surface area contributed by atoms with Crippen LogP contribution in [-0.4, -0.2) is 103 Å².